The molecule has 1 aliphatic heterocycles. The Kier molecular flexibility index (Phi) is 13.2. The molecule has 0 unspecified atom stereocenters. The molecule has 45 heavy (non-hydrogen) atoms. The molecule has 0 bridgehead atoms. The highest BCUT2D eigenvalue weighted by Crippen LogP contribution is 2.42. The molecule has 0 amide bonds. The molecule has 1 fully saturated rings. The first-order chi connectivity index (χ1) is 21.5. The van der Waals surface area contributed by atoms with Crippen LogP contribution in [-0.4, -0.2) is 71.0 Å². The number of carbonyl (C=O) groups excluding carboxylic acids is 1. The molecule has 0 aromatic heterocycles. The van der Waals surface area contributed by atoms with Crippen molar-refractivity contribution in [3.05, 3.63) is 113 Å². The van der Waals surface area contributed by atoms with Crippen LogP contribution in [0.15, 0.2) is 84.9 Å². The lowest BCUT2D eigenvalue weighted by atomic mass is 9.72. The van der Waals surface area contributed by atoms with Gasteiger partial charge < -0.3 is 29.7 Å². The lowest BCUT2D eigenvalue weighted by Crippen LogP contribution is -2.44. The maximum Gasteiger partial charge on any atom is 0.341 e. The van der Waals surface area contributed by atoms with Crippen molar-refractivity contribution in [1.29, 1.82) is 0 Å². The van der Waals surface area contributed by atoms with E-state index in [2.05, 4.69) is 4.90 Å². The molecule has 0 saturated carbocycles. The predicted molar refractivity (Wildman–Crippen MR) is 162 cm³/mol. The first-order valence-electron chi connectivity index (χ1n) is 14.5. The van der Waals surface area contributed by atoms with Gasteiger partial charge in [0.15, 0.2) is 0 Å². The van der Waals surface area contributed by atoms with Gasteiger partial charge in [-0.3, -0.25) is 0 Å². The molecule has 0 atom stereocenters. The lowest BCUT2D eigenvalue weighted by molar-refractivity contribution is -0.134. The fourth-order valence-corrected chi connectivity index (χ4v) is 5.20. The molecule has 1 heterocycles. The molecule has 1 saturated heterocycles. The Balaban J connectivity index is 0.000000610. The number of esters is 1. The van der Waals surface area contributed by atoms with Crippen LogP contribution in [0.4, 0.5) is 8.78 Å². The number of halogens is 2. The number of carbonyl (C=O) groups is 3. The molecule has 240 valence electrons. The first kappa shape index (κ1) is 34.9. The number of aliphatic carboxylic acids is 2. The minimum atomic E-state index is -1.34. The molecule has 3 aromatic carbocycles. The number of likely N-dealkylation sites (tertiary alicyclic amines) is 1. The Bertz CT molecular complexity index is 1370. The highest BCUT2D eigenvalue weighted by atomic mass is 19.1. The standard InChI is InChI=1S/C30H33F2NO4.C4H4O4/c1-2-36-29(34)27-6-3-4-7-28(27)37-21-5-18-33-19-16-24(17-20-33)30(35,22-8-12-25(31)13-9-22)23-10-14-26(32)15-11-23;5-3(6)1-2-4(7)8/h3-4,6-15,24,35H,2,5,16-21H2,1H3;1-2H,(H,5,6)(H,7,8). The van der Waals surface area contributed by atoms with Crippen LogP contribution in [0.1, 0.15) is 47.7 Å². The quantitative estimate of drug-likeness (QED) is 0.140. The Labute approximate surface area is 260 Å². The van der Waals surface area contributed by atoms with E-state index in [1.54, 1.807) is 49.4 Å². The average Bonchev–Trinajstić information content (AvgIpc) is 3.03. The van der Waals surface area contributed by atoms with Crippen LogP contribution in [0.5, 0.6) is 5.75 Å². The molecular weight excluding hydrogens is 588 g/mol. The molecule has 0 aliphatic carbocycles. The SMILES string of the molecule is CCOC(=O)c1ccccc1OCCCN1CCC(C(O)(c2ccc(F)cc2)c2ccc(F)cc2)CC1.O=C(O)C=CC(=O)O. The fourth-order valence-electron chi connectivity index (χ4n) is 5.20. The third-order valence-electron chi connectivity index (χ3n) is 7.37. The minimum absolute atomic E-state index is 0.104. The number of carboxylic acids is 2. The van der Waals surface area contributed by atoms with Gasteiger partial charge in [-0.15, -0.1) is 0 Å². The van der Waals surface area contributed by atoms with Crippen LogP contribution in [0.2, 0.25) is 0 Å². The van der Waals surface area contributed by atoms with Gasteiger partial charge in [-0.05, 0) is 92.7 Å². The normalized spacial score (nSPS) is 14.0. The van der Waals surface area contributed by atoms with Gasteiger partial charge in [-0.2, -0.15) is 0 Å². The second-order valence-electron chi connectivity index (χ2n) is 10.3. The van der Waals surface area contributed by atoms with Gasteiger partial charge in [0.05, 0.1) is 13.2 Å². The largest absolute Gasteiger partial charge is 0.493 e. The summed E-state index contributed by atoms with van der Waals surface area (Å²) in [5.41, 5.74) is 0.291. The number of ether oxygens (including phenoxy) is 2. The predicted octanol–water partition coefficient (Wildman–Crippen LogP) is 5.27. The van der Waals surface area contributed by atoms with Crippen molar-refractivity contribution in [2.45, 2.75) is 31.8 Å². The maximum absolute atomic E-state index is 13.6. The van der Waals surface area contributed by atoms with Gasteiger partial charge in [0.25, 0.3) is 0 Å². The average molecular weight is 626 g/mol. The molecule has 11 heteroatoms. The van der Waals surface area contributed by atoms with Gasteiger partial charge in [0.1, 0.15) is 28.5 Å². The van der Waals surface area contributed by atoms with Crippen LogP contribution < -0.4 is 4.74 Å². The first-order valence-corrected chi connectivity index (χ1v) is 14.5. The van der Waals surface area contributed by atoms with Crippen molar-refractivity contribution in [3.63, 3.8) is 0 Å². The number of carboxylic acid groups (broad SMARTS) is 2. The summed E-state index contributed by atoms with van der Waals surface area (Å²) >= 11 is 0. The molecule has 4 rings (SSSR count). The smallest absolute Gasteiger partial charge is 0.341 e. The number of benzene rings is 3. The van der Waals surface area contributed by atoms with Gasteiger partial charge in [-0.25, -0.2) is 23.2 Å². The number of nitrogens with zero attached hydrogens (tertiary/aromatic N) is 1. The van der Waals surface area contributed by atoms with Crippen LogP contribution in [-0.2, 0) is 19.9 Å². The van der Waals surface area contributed by atoms with E-state index in [0.717, 1.165) is 38.9 Å². The number of rotatable bonds is 12. The van der Waals surface area contributed by atoms with Gasteiger partial charge in [0.2, 0.25) is 0 Å². The second-order valence-corrected chi connectivity index (χ2v) is 10.3. The molecule has 0 radical (unpaired) electrons. The van der Waals surface area contributed by atoms with E-state index in [4.69, 9.17) is 19.7 Å². The van der Waals surface area contributed by atoms with Crippen molar-refractivity contribution in [1.82, 2.24) is 4.90 Å². The summed E-state index contributed by atoms with van der Waals surface area (Å²) in [6.45, 7) is 4.93. The number of hydrogen-bond acceptors (Lipinski definition) is 7. The molecule has 3 N–H and O–H groups in total. The zero-order valence-electron chi connectivity index (χ0n) is 24.9. The molecule has 3 aromatic rings. The van der Waals surface area contributed by atoms with Crippen LogP contribution in [0.25, 0.3) is 0 Å². The molecule has 9 nitrogen and oxygen atoms in total. The highest BCUT2D eigenvalue weighted by molar-refractivity contribution is 5.92. The van der Waals surface area contributed by atoms with Gasteiger partial charge >= 0.3 is 17.9 Å². The summed E-state index contributed by atoms with van der Waals surface area (Å²) in [5, 5.41) is 27.6. The minimum Gasteiger partial charge on any atom is -0.493 e. The molecular formula is C34H37F2NO8. The fraction of sp³-hybridized carbons (Fsp3) is 0.324. The van der Waals surface area contributed by atoms with Crippen molar-refractivity contribution in [2.75, 3.05) is 32.8 Å². The summed E-state index contributed by atoms with van der Waals surface area (Å²) in [6.07, 6.45) is 3.36. The van der Waals surface area contributed by atoms with Gasteiger partial charge in [-0.1, -0.05) is 36.4 Å². The molecule has 1 aliphatic rings. The van der Waals surface area contributed by atoms with Crippen molar-refractivity contribution in [3.8, 4) is 5.75 Å². The van der Waals surface area contributed by atoms with Crippen molar-refractivity contribution in [2.24, 2.45) is 5.92 Å². The Morgan fingerprint density at radius 2 is 1.38 bits per heavy atom. The Morgan fingerprint density at radius 1 is 0.867 bits per heavy atom. The van der Waals surface area contributed by atoms with E-state index in [0.29, 0.717) is 47.8 Å². The van der Waals surface area contributed by atoms with E-state index in [9.17, 15) is 28.3 Å². The lowest BCUT2D eigenvalue weighted by Gasteiger charge is -2.42. The van der Waals surface area contributed by atoms with Crippen molar-refractivity contribution < 1.29 is 48.0 Å². The van der Waals surface area contributed by atoms with Crippen LogP contribution >= 0.6 is 0 Å². The number of piperidine rings is 1. The van der Waals surface area contributed by atoms with Crippen LogP contribution in [0.3, 0.4) is 0 Å². The van der Waals surface area contributed by atoms with E-state index < -0.39 is 23.5 Å². The third-order valence-corrected chi connectivity index (χ3v) is 7.37. The Hall–Kier alpha value is -4.61. The summed E-state index contributed by atoms with van der Waals surface area (Å²) in [5.74, 6) is -3.23. The summed E-state index contributed by atoms with van der Waals surface area (Å²) < 4.78 is 38.2. The summed E-state index contributed by atoms with van der Waals surface area (Å²) in [7, 11) is 0. The van der Waals surface area contributed by atoms with Gasteiger partial charge in [0, 0.05) is 18.7 Å². The van der Waals surface area contributed by atoms with E-state index in [1.165, 1.54) is 24.3 Å². The number of hydrogen-bond donors (Lipinski definition) is 3. The van der Waals surface area contributed by atoms with Crippen LogP contribution in [0, 0.1) is 17.6 Å². The molecule has 0 spiro atoms. The highest BCUT2D eigenvalue weighted by Gasteiger charge is 2.41. The summed E-state index contributed by atoms with van der Waals surface area (Å²) in [4.78, 5) is 33.6. The second kappa shape index (κ2) is 17.0. The Morgan fingerprint density at radius 3 is 1.87 bits per heavy atom. The number of para-hydroxylation sites is 1. The van der Waals surface area contributed by atoms with E-state index in [1.807, 2.05) is 6.07 Å². The third kappa shape index (κ3) is 10.2. The van der Waals surface area contributed by atoms with Crippen molar-refractivity contribution >= 4 is 17.9 Å². The van der Waals surface area contributed by atoms with E-state index in [-0.39, 0.29) is 17.6 Å². The topological polar surface area (TPSA) is 134 Å². The monoisotopic (exact) mass is 625 g/mol. The zero-order chi connectivity index (χ0) is 32.8. The zero-order valence-corrected chi connectivity index (χ0v) is 24.9. The maximum atomic E-state index is 13.6. The van der Waals surface area contributed by atoms with E-state index >= 15 is 0 Å². The number of aliphatic hydroxyl groups is 1. The summed E-state index contributed by atoms with van der Waals surface area (Å²) in [6, 6.07) is 18.9.